The summed E-state index contributed by atoms with van der Waals surface area (Å²) in [5.41, 5.74) is 3.75. The van der Waals surface area contributed by atoms with E-state index in [-0.39, 0.29) is 24.3 Å². The Kier molecular flexibility index (Phi) is 13.7. The maximum absolute atomic E-state index is 15.0. The van der Waals surface area contributed by atoms with Crippen molar-refractivity contribution in [3.05, 3.63) is 148 Å². The summed E-state index contributed by atoms with van der Waals surface area (Å²) >= 11 is 0. The summed E-state index contributed by atoms with van der Waals surface area (Å²) in [4.78, 5) is 18.1. The topological polar surface area (TPSA) is 174 Å². The number of benzene rings is 5. The van der Waals surface area contributed by atoms with Gasteiger partial charge in [-0.2, -0.15) is 0 Å². The third kappa shape index (κ3) is 9.30. The lowest BCUT2D eigenvalue weighted by Crippen LogP contribution is -2.44. The lowest BCUT2D eigenvalue weighted by Gasteiger charge is -2.34. The lowest BCUT2D eigenvalue weighted by molar-refractivity contribution is -0.129. The van der Waals surface area contributed by atoms with E-state index in [1.54, 1.807) is 43.4 Å². The number of aromatic hydroxyl groups is 2. The van der Waals surface area contributed by atoms with E-state index in [9.17, 15) is 30.3 Å². The van der Waals surface area contributed by atoms with Gasteiger partial charge in [-0.05, 0) is 113 Å². The van der Waals surface area contributed by atoms with Crippen LogP contribution in [0, 0.1) is 5.92 Å². The van der Waals surface area contributed by atoms with E-state index in [0.717, 1.165) is 33.0 Å². The van der Waals surface area contributed by atoms with Crippen molar-refractivity contribution in [2.24, 2.45) is 5.92 Å². The number of fused-ring (bicyclic) bond motifs is 1. The number of Topliss-reactive ketones (excluding diaryl/α,β-unsaturated/α-hetero) is 1. The Morgan fingerprint density at radius 1 is 0.828 bits per heavy atom. The molecule has 0 saturated carbocycles. The highest BCUT2D eigenvalue weighted by Crippen LogP contribution is 2.40. The van der Waals surface area contributed by atoms with Crippen molar-refractivity contribution in [2.75, 3.05) is 34.7 Å². The molecule has 7 N–H and O–H groups in total. The number of rotatable bonds is 20. The second-order valence-corrected chi connectivity index (χ2v) is 14.7. The van der Waals surface area contributed by atoms with Crippen molar-refractivity contribution in [2.45, 2.75) is 50.2 Å². The number of hydrogen-bond donors (Lipinski definition) is 7. The molecule has 6 aromatic rings. The van der Waals surface area contributed by atoms with Crippen molar-refractivity contribution < 1.29 is 44.5 Å². The fraction of sp³-hybridized carbons (Fsp3) is 0.298. The van der Waals surface area contributed by atoms with Crippen LogP contribution in [0.4, 0.5) is 0 Å². The van der Waals surface area contributed by atoms with Crippen LogP contribution in [0.1, 0.15) is 45.4 Å². The van der Waals surface area contributed by atoms with Crippen molar-refractivity contribution in [1.82, 2.24) is 10.3 Å². The van der Waals surface area contributed by atoms with E-state index in [4.69, 9.17) is 14.2 Å². The smallest absolute Gasteiger partial charge is 0.186 e. The normalized spacial score (nSPS) is 13.5. The minimum Gasteiger partial charge on any atom is -0.508 e. The molecule has 11 nitrogen and oxygen atoms in total. The van der Waals surface area contributed by atoms with Crippen LogP contribution in [0.15, 0.2) is 109 Å². The molecule has 1 heterocycles. The summed E-state index contributed by atoms with van der Waals surface area (Å²) in [6, 6.07) is 29.5. The van der Waals surface area contributed by atoms with Gasteiger partial charge in [0.15, 0.2) is 29.8 Å². The Bertz CT molecular complexity index is 2300. The maximum Gasteiger partial charge on any atom is 0.186 e. The van der Waals surface area contributed by atoms with E-state index in [1.165, 1.54) is 20.3 Å². The quantitative estimate of drug-likeness (QED) is 0.0446. The van der Waals surface area contributed by atoms with Crippen LogP contribution in [0.25, 0.3) is 10.8 Å². The summed E-state index contributed by atoms with van der Waals surface area (Å²) in [6.45, 7) is -0.780. The zero-order valence-corrected chi connectivity index (χ0v) is 33.1. The molecular formula is C47H52N2O9. The second kappa shape index (κ2) is 19.1. The first-order chi connectivity index (χ1) is 28.1. The molecule has 3 atom stereocenters. The molecule has 3 unspecified atom stereocenters. The largest absolute Gasteiger partial charge is 0.508 e. The zero-order valence-electron chi connectivity index (χ0n) is 33.1. The number of phenols is 2. The van der Waals surface area contributed by atoms with Crippen LogP contribution < -0.4 is 19.5 Å². The van der Waals surface area contributed by atoms with Crippen molar-refractivity contribution >= 4 is 16.6 Å². The molecule has 11 heteroatoms. The Labute approximate surface area is 338 Å². The molecule has 1 aromatic heterocycles. The van der Waals surface area contributed by atoms with Gasteiger partial charge >= 0.3 is 0 Å². The van der Waals surface area contributed by atoms with Crippen LogP contribution in [-0.2, 0) is 42.4 Å². The van der Waals surface area contributed by atoms with Gasteiger partial charge < -0.3 is 50.0 Å². The number of carbonyl (C=O) groups is 1. The molecule has 0 spiro atoms. The van der Waals surface area contributed by atoms with E-state index in [2.05, 4.69) is 34.6 Å². The Hall–Kier alpha value is -5.85. The molecule has 0 amide bonds. The van der Waals surface area contributed by atoms with E-state index >= 15 is 0 Å². The molecule has 0 aliphatic rings. The first kappa shape index (κ1) is 41.8. The van der Waals surface area contributed by atoms with Crippen molar-refractivity contribution in [3.63, 3.8) is 0 Å². The van der Waals surface area contributed by atoms with Gasteiger partial charge in [-0.1, -0.05) is 60.7 Å². The summed E-state index contributed by atoms with van der Waals surface area (Å²) in [5, 5.41) is 60.1. The highest BCUT2D eigenvalue weighted by atomic mass is 16.6. The highest BCUT2D eigenvalue weighted by molar-refractivity contribution is 5.91. The van der Waals surface area contributed by atoms with Gasteiger partial charge in [0.05, 0.1) is 32.3 Å². The Morgan fingerprint density at radius 2 is 1.64 bits per heavy atom. The van der Waals surface area contributed by atoms with Crippen LogP contribution in [-0.4, -0.2) is 77.1 Å². The average Bonchev–Trinajstić information content (AvgIpc) is 3.74. The fourth-order valence-corrected chi connectivity index (χ4v) is 8.09. The van der Waals surface area contributed by atoms with Crippen LogP contribution in [0.2, 0.25) is 0 Å². The molecular weight excluding hydrogens is 737 g/mol. The number of aliphatic hydroxyl groups is 3. The zero-order chi connectivity index (χ0) is 41.2. The molecule has 58 heavy (non-hydrogen) atoms. The summed E-state index contributed by atoms with van der Waals surface area (Å²) < 4.78 is 16.6. The minimum absolute atomic E-state index is 0.0000830. The number of hydrogen-bond acceptors (Lipinski definition) is 10. The molecule has 5 aromatic carbocycles. The number of ether oxygens (including phenoxy) is 3. The molecule has 0 aliphatic heterocycles. The summed E-state index contributed by atoms with van der Waals surface area (Å²) in [7, 11) is 4.76. The van der Waals surface area contributed by atoms with E-state index in [0.29, 0.717) is 59.7 Å². The van der Waals surface area contributed by atoms with Gasteiger partial charge in [-0.15, -0.1) is 0 Å². The SMILES string of the molecule is CNCc1cc(O)cc(C(CO)(Cc2ccc(OCO)c(OC)c2)C(=O)CC(O)C(Cc2cc[nH]c2)Cc2ccc(O)c(OC)c2Cc2cccc3ccccc23)c1. The molecule has 0 radical (unpaired) electrons. The second-order valence-electron chi connectivity index (χ2n) is 14.7. The Morgan fingerprint density at radius 3 is 2.36 bits per heavy atom. The number of H-pyrrole nitrogens is 1. The minimum atomic E-state index is -1.59. The summed E-state index contributed by atoms with van der Waals surface area (Å²) in [5.74, 6) is 0.00636. The third-order valence-corrected chi connectivity index (χ3v) is 11.0. The molecule has 304 valence electrons. The molecule has 0 fully saturated rings. The number of aromatic amines is 1. The molecule has 0 bridgehead atoms. The van der Waals surface area contributed by atoms with Crippen LogP contribution in [0.5, 0.6) is 28.7 Å². The number of carbonyl (C=O) groups excluding carboxylic acids is 1. The van der Waals surface area contributed by atoms with Crippen molar-refractivity contribution in [3.8, 4) is 28.7 Å². The van der Waals surface area contributed by atoms with E-state index in [1.807, 2.05) is 42.7 Å². The molecule has 0 saturated heterocycles. The van der Waals surface area contributed by atoms with Crippen LogP contribution >= 0.6 is 0 Å². The number of aliphatic hydroxyl groups excluding tert-OH is 3. The van der Waals surface area contributed by atoms with Crippen LogP contribution in [0.3, 0.4) is 0 Å². The van der Waals surface area contributed by atoms with Gasteiger partial charge in [0.2, 0.25) is 0 Å². The van der Waals surface area contributed by atoms with Gasteiger partial charge in [0.1, 0.15) is 11.5 Å². The number of aromatic nitrogens is 1. The predicted octanol–water partition coefficient (Wildman–Crippen LogP) is 6.13. The van der Waals surface area contributed by atoms with Gasteiger partial charge in [-0.3, -0.25) is 4.79 Å². The number of phenolic OH excluding ortho intramolecular Hbond substituents is 2. The van der Waals surface area contributed by atoms with Gasteiger partial charge in [-0.25, -0.2) is 0 Å². The number of ketones is 1. The number of methoxy groups -OCH3 is 2. The standard InChI is InChI=1S/C47H52N2O9/c1-48-26-32-18-37(23-38(52)19-32)47(28-50,25-30-11-14-43(58-29-51)44(20-30)56-2)45(55)24-42(54)36(17-31-15-16-49-27-31)21-35-12-13-41(53)46(57-3)40(35)22-34-9-6-8-33-7-4-5-10-39(33)34/h4-16,18-20,23,27,36,42,48-54H,17,21-22,24-26,28-29H2,1-3H3. The fourth-order valence-electron chi connectivity index (χ4n) is 8.09. The number of nitrogens with one attached hydrogen (secondary N) is 2. The summed E-state index contributed by atoms with van der Waals surface area (Å²) in [6.07, 6.45) is 3.39. The lowest BCUT2D eigenvalue weighted by atomic mass is 9.70. The first-order valence-electron chi connectivity index (χ1n) is 19.3. The maximum atomic E-state index is 15.0. The third-order valence-electron chi connectivity index (χ3n) is 11.0. The molecule has 0 aliphatic carbocycles. The van der Waals surface area contributed by atoms with E-state index < -0.39 is 36.6 Å². The molecule has 6 rings (SSSR count). The van der Waals surface area contributed by atoms with Gasteiger partial charge in [0.25, 0.3) is 0 Å². The first-order valence-corrected chi connectivity index (χ1v) is 19.3. The average molecular weight is 789 g/mol. The van der Waals surface area contributed by atoms with Crippen molar-refractivity contribution in [1.29, 1.82) is 0 Å². The predicted molar refractivity (Wildman–Crippen MR) is 223 cm³/mol. The van der Waals surface area contributed by atoms with Gasteiger partial charge in [0, 0.05) is 37.3 Å². The highest BCUT2D eigenvalue weighted by Gasteiger charge is 2.42. The monoisotopic (exact) mass is 788 g/mol. The Balaban J connectivity index is 1.39.